The molecule has 0 spiro atoms. The van der Waals surface area contributed by atoms with Gasteiger partial charge in [0.05, 0.1) is 0 Å². The van der Waals surface area contributed by atoms with Crippen molar-refractivity contribution in [3.05, 3.63) is 18.5 Å². The van der Waals surface area contributed by atoms with E-state index in [2.05, 4.69) is 24.3 Å². The van der Waals surface area contributed by atoms with Crippen molar-refractivity contribution in [3.8, 4) is 0 Å². The zero-order valence-electron chi connectivity index (χ0n) is 9.60. The van der Waals surface area contributed by atoms with Gasteiger partial charge >= 0.3 is 0 Å². The van der Waals surface area contributed by atoms with Crippen LogP contribution in [0, 0.1) is 5.92 Å². The van der Waals surface area contributed by atoms with Crippen LogP contribution < -0.4 is 5.32 Å². The number of nitrogens with one attached hydrogen (secondary N) is 1. The molecule has 15 heavy (non-hydrogen) atoms. The molecule has 0 radical (unpaired) electrons. The van der Waals surface area contributed by atoms with Crippen molar-refractivity contribution in [2.45, 2.75) is 39.8 Å². The highest BCUT2D eigenvalue weighted by atomic mass is 16.1. The molecule has 0 unspecified atom stereocenters. The Morgan fingerprint density at radius 1 is 1.47 bits per heavy atom. The largest absolute Gasteiger partial charge is 0.353 e. The van der Waals surface area contributed by atoms with Gasteiger partial charge in [0.15, 0.2) is 0 Å². The third kappa shape index (κ3) is 4.14. The van der Waals surface area contributed by atoms with Crippen LogP contribution in [0.2, 0.25) is 0 Å². The third-order valence-electron chi connectivity index (χ3n) is 2.52. The lowest BCUT2D eigenvalue weighted by molar-refractivity contribution is -0.122. The fourth-order valence-electron chi connectivity index (χ4n) is 1.14. The van der Waals surface area contributed by atoms with Crippen LogP contribution in [-0.2, 0) is 11.3 Å². The first-order chi connectivity index (χ1) is 7.09. The minimum atomic E-state index is 0.0895. The molecule has 1 N–H and O–H groups in total. The summed E-state index contributed by atoms with van der Waals surface area (Å²) in [6.45, 7) is 6.86. The zero-order chi connectivity index (χ0) is 11.3. The lowest BCUT2D eigenvalue weighted by atomic mass is 10.1. The van der Waals surface area contributed by atoms with Crippen LogP contribution >= 0.6 is 0 Å². The summed E-state index contributed by atoms with van der Waals surface area (Å²) < 4.78 is 1.76. The number of hydrogen-bond donors (Lipinski definition) is 1. The second kappa shape index (κ2) is 5.53. The molecule has 0 aliphatic rings. The van der Waals surface area contributed by atoms with E-state index in [0.717, 1.165) is 0 Å². The van der Waals surface area contributed by atoms with Crippen LogP contribution in [0.15, 0.2) is 18.5 Å². The molecule has 1 rings (SSSR count). The average molecular weight is 209 g/mol. The van der Waals surface area contributed by atoms with Crippen LogP contribution in [0.5, 0.6) is 0 Å². The molecule has 0 bridgehead atoms. The Morgan fingerprint density at radius 3 is 2.73 bits per heavy atom. The van der Waals surface area contributed by atoms with Crippen molar-refractivity contribution >= 4 is 5.91 Å². The summed E-state index contributed by atoms with van der Waals surface area (Å²) in [7, 11) is 0. The van der Waals surface area contributed by atoms with Gasteiger partial charge < -0.3 is 5.32 Å². The number of aryl methyl sites for hydroxylation is 1. The van der Waals surface area contributed by atoms with Gasteiger partial charge in [0, 0.05) is 31.4 Å². The highest BCUT2D eigenvalue weighted by Crippen LogP contribution is 2.00. The Labute approximate surface area is 90.7 Å². The molecule has 0 aliphatic carbocycles. The van der Waals surface area contributed by atoms with Gasteiger partial charge in [-0.2, -0.15) is 5.10 Å². The van der Waals surface area contributed by atoms with Gasteiger partial charge in [0.25, 0.3) is 0 Å². The van der Waals surface area contributed by atoms with Crippen LogP contribution in [-0.4, -0.2) is 21.7 Å². The van der Waals surface area contributed by atoms with Crippen LogP contribution in [0.4, 0.5) is 0 Å². The molecule has 4 nitrogen and oxygen atoms in total. The molecule has 0 fully saturated rings. The maximum Gasteiger partial charge on any atom is 0.222 e. The topological polar surface area (TPSA) is 46.9 Å². The number of rotatable bonds is 5. The maximum atomic E-state index is 11.5. The van der Waals surface area contributed by atoms with E-state index >= 15 is 0 Å². The summed E-state index contributed by atoms with van der Waals surface area (Å²) in [5.74, 6) is 0.561. The molecule has 1 heterocycles. The van der Waals surface area contributed by atoms with Crippen LogP contribution in [0.1, 0.15) is 27.2 Å². The second-order valence-electron chi connectivity index (χ2n) is 4.12. The molecule has 0 aliphatic heterocycles. The predicted molar refractivity (Wildman–Crippen MR) is 59.3 cm³/mol. The number of amides is 1. The van der Waals surface area contributed by atoms with E-state index in [1.165, 1.54) is 0 Å². The summed E-state index contributed by atoms with van der Waals surface area (Å²) in [6, 6.07) is 2.09. The first-order valence-corrected chi connectivity index (χ1v) is 5.36. The van der Waals surface area contributed by atoms with Gasteiger partial charge in [0.1, 0.15) is 0 Å². The number of hydrogen-bond acceptors (Lipinski definition) is 2. The molecule has 0 aromatic carbocycles. The molecule has 1 atom stereocenters. The number of nitrogens with zero attached hydrogens (tertiary/aromatic N) is 2. The standard InChI is InChI=1S/C11H19N3O/c1-9(2)10(3)13-11(15)5-8-14-7-4-6-12-14/h4,6-7,9-10H,5,8H2,1-3H3,(H,13,15)/t10-/m1/s1. The molecular formula is C11H19N3O. The van der Waals surface area contributed by atoms with E-state index in [1.807, 2.05) is 19.2 Å². The highest BCUT2D eigenvalue weighted by molar-refractivity contribution is 5.76. The van der Waals surface area contributed by atoms with Crippen molar-refractivity contribution in [3.63, 3.8) is 0 Å². The van der Waals surface area contributed by atoms with Crippen molar-refractivity contribution in [1.82, 2.24) is 15.1 Å². The average Bonchev–Trinajstić information content (AvgIpc) is 2.66. The van der Waals surface area contributed by atoms with E-state index in [9.17, 15) is 4.79 Å². The fourth-order valence-corrected chi connectivity index (χ4v) is 1.14. The fraction of sp³-hybridized carbons (Fsp3) is 0.636. The first-order valence-electron chi connectivity index (χ1n) is 5.36. The van der Waals surface area contributed by atoms with Gasteiger partial charge in [-0.1, -0.05) is 13.8 Å². The van der Waals surface area contributed by atoms with Gasteiger partial charge in [-0.25, -0.2) is 0 Å². The first kappa shape index (κ1) is 11.8. The summed E-state index contributed by atoms with van der Waals surface area (Å²) in [4.78, 5) is 11.5. The Bertz CT molecular complexity index is 293. The number of aromatic nitrogens is 2. The SMILES string of the molecule is CC(C)[C@@H](C)NC(=O)CCn1cccn1. The summed E-state index contributed by atoms with van der Waals surface area (Å²) in [5, 5.41) is 7.00. The van der Waals surface area contributed by atoms with Gasteiger partial charge in [-0.05, 0) is 18.9 Å². The normalized spacial score (nSPS) is 12.8. The Balaban J connectivity index is 2.25. The number of carbonyl (C=O) groups excluding carboxylic acids is 1. The van der Waals surface area contributed by atoms with Crippen molar-refractivity contribution in [1.29, 1.82) is 0 Å². The second-order valence-corrected chi connectivity index (χ2v) is 4.12. The number of carbonyl (C=O) groups is 1. The summed E-state index contributed by atoms with van der Waals surface area (Å²) in [6.07, 6.45) is 4.06. The van der Waals surface area contributed by atoms with Crippen LogP contribution in [0.3, 0.4) is 0 Å². The molecule has 0 saturated carbocycles. The van der Waals surface area contributed by atoms with Crippen molar-refractivity contribution < 1.29 is 4.79 Å². The smallest absolute Gasteiger partial charge is 0.222 e. The summed E-state index contributed by atoms with van der Waals surface area (Å²) in [5.41, 5.74) is 0. The van der Waals surface area contributed by atoms with Crippen molar-refractivity contribution in [2.24, 2.45) is 5.92 Å². The third-order valence-corrected chi connectivity index (χ3v) is 2.52. The van der Waals surface area contributed by atoms with E-state index in [-0.39, 0.29) is 11.9 Å². The summed E-state index contributed by atoms with van der Waals surface area (Å²) >= 11 is 0. The molecule has 1 aromatic heterocycles. The van der Waals surface area contributed by atoms with Gasteiger partial charge in [0.2, 0.25) is 5.91 Å². The lowest BCUT2D eigenvalue weighted by Gasteiger charge is -2.17. The Hall–Kier alpha value is -1.32. The minimum absolute atomic E-state index is 0.0895. The van der Waals surface area contributed by atoms with Crippen LogP contribution in [0.25, 0.3) is 0 Å². The van der Waals surface area contributed by atoms with Gasteiger partial charge in [-0.15, -0.1) is 0 Å². The molecule has 1 amide bonds. The maximum absolute atomic E-state index is 11.5. The van der Waals surface area contributed by atoms with E-state index in [4.69, 9.17) is 0 Å². The minimum Gasteiger partial charge on any atom is -0.353 e. The zero-order valence-corrected chi connectivity index (χ0v) is 9.60. The quantitative estimate of drug-likeness (QED) is 0.797. The Kier molecular flexibility index (Phi) is 4.34. The van der Waals surface area contributed by atoms with E-state index in [1.54, 1.807) is 10.9 Å². The van der Waals surface area contributed by atoms with E-state index in [0.29, 0.717) is 18.9 Å². The highest BCUT2D eigenvalue weighted by Gasteiger charge is 2.10. The van der Waals surface area contributed by atoms with Gasteiger partial charge in [-0.3, -0.25) is 9.48 Å². The molecule has 4 heteroatoms. The molecule has 1 aromatic rings. The van der Waals surface area contributed by atoms with E-state index < -0.39 is 0 Å². The monoisotopic (exact) mass is 209 g/mol. The lowest BCUT2D eigenvalue weighted by Crippen LogP contribution is -2.36. The predicted octanol–water partition coefficient (Wildman–Crippen LogP) is 1.43. The molecular weight excluding hydrogens is 190 g/mol. The molecule has 84 valence electrons. The Morgan fingerprint density at radius 2 is 2.20 bits per heavy atom. The van der Waals surface area contributed by atoms with Crippen molar-refractivity contribution in [2.75, 3.05) is 0 Å². The molecule has 0 saturated heterocycles.